The van der Waals surface area contributed by atoms with Crippen LogP contribution in [0.2, 0.25) is 0 Å². The first kappa shape index (κ1) is 84.7. The molecule has 1 aromatic carbocycles. The van der Waals surface area contributed by atoms with Gasteiger partial charge in [0.15, 0.2) is 6.04 Å². The molecule has 588 valence electrons. The average molecular weight is 1530 g/mol. The molecule has 108 heavy (non-hydrogen) atoms. The number of aromatic amines is 1. The van der Waals surface area contributed by atoms with Crippen LogP contribution in [0.15, 0.2) is 67.4 Å². The minimum Gasteiger partial charge on any atom is -0.481 e. The number of thioether (sulfide) groups is 1. The van der Waals surface area contributed by atoms with Gasteiger partial charge in [0.05, 0.1) is 42.8 Å². The number of carboxylic acid groups (broad SMARTS) is 3. The third-order valence-electron chi connectivity index (χ3n) is 18.3. The van der Waals surface area contributed by atoms with Crippen LogP contribution in [-0.2, 0) is 92.9 Å². The number of amides is 11. The van der Waals surface area contributed by atoms with Crippen molar-refractivity contribution < 1.29 is 92.7 Å². The number of aryl methyl sites for hydroxylation is 2. The highest BCUT2D eigenvalue weighted by molar-refractivity contribution is 7.99. The molecule has 7 rings (SSSR count). The first-order valence-electron chi connectivity index (χ1n) is 35.6. The molecule has 5 heterocycles. The minimum atomic E-state index is -1.93. The second-order valence-corrected chi connectivity index (χ2v) is 28.5. The summed E-state index contributed by atoms with van der Waals surface area (Å²) < 4.78 is 1.42. The molecule has 14 atom stereocenters. The van der Waals surface area contributed by atoms with E-state index in [2.05, 4.69) is 101 Å². The Morgan fingerprint density at radius 2 is 1.43 bits per heavy atom. The van der Waals surface area contributed by atoms with E-state index in [0.29, 0.717) is 29.3 Å². The van der Waals surface area contributed by atoms with Crippen molar-refractivity contribution in [3.8, 4) is 0 Å². The highest BCUT2D eigenvalue weighted by Gasteiger charge is 2.39. The van der Waals surface area contributed by atoms with E-state index in [1.807, 2.05) is 0 Å². The summed E-state index contributed by atoms with van der Waals surface area (Å²) in [7, 11) is 1.40. The summed E-state index contributed by atoms with van der Waals surface area (Å²) in [6.07, 6.45) is 0.411. The summed E-state index contributed by atoms with van der Waals surface area (Å²) in [5.74, 6) is -16.4. The third-order valence-corrected chi connectivity index (χ3v) is 19.4. The number of nitrogens with one attached hydrogen (secondary N) is 14. The Morgan fingerprint density at radius 3 is 2.09 bits per heavy atom. The maximum absolute atomic E-state index is 15.1. The molecule has 3 aliphatic rings. The Labute approximate surface area is 625 Å². The average Bonchev–Trinajstić information content (AvgIpc) is 0.852. The van der Waals surface area contributed by atoms with Gasteiger partial charge in [-0.15, -0.1) is 5.10 Å². The molecule has 3 aromatic heterocycles. The lowest BCUT2D eigenvalue weighted by Crippen LogP contribution is -2.61. The largest absolute Gasteiger partial charge is 0.481 e. The third kappa shape index (κ3) is 26.5. The van der Waals surface area contributed by atoms with Gasteiger partial charge in [-0.05, 0) is 107 Å². The number of pyridine rings is 1. The summed E-state index contributed by atoms with van der Waals surface area (Å²) >= 11 is 0.961. The van der Waals surface area contributed by atoms with Gasteiger partial charge >= 0.3 is 17.9 Å². The maximum atomic E-state index is 15.1. The monoisotopic (exact) mass is 1530 g/mol. The van der Waals surface area contributed by atoms with E-state index < -0.39 is 206 Å². The predicted molar refractivity (Wildman–Crippen MR) is 385 cm³/mol. The van der Waals surface area contributed by atoms with Crippen LogP contribution in [0.3, 0.4) is 0 Å². The van der Waals surface area contributed by atoms with Crippen LogP contribution >= 0.6 is 11.8 Å². The number of rotatable bonds is 20. The molecule has 0 spiro atoms. The van der Waals surface area contributed by atoms with Gasteiger partial charge < -0.3 is 94.3 Å². The number of carbonyl (C=O) groups is 14. The smallest absolute Gasteiger partial charge is 0.328 e. The lowest BCUT2D eigenvalue weighted by Gasteiger charge is -2.30. The summed E-state index contributed by atoms with van der Waals surface area (Å²) in [5.41, 5.74) is 0.874. The molecule has 39 heteroatoms. The van der Waals surface area contributed by atoms with Crippen molar-refractivity contribution in [2.45, 2.75) is 209 Å². The number of imidazole rings is 1. The summed E-state index contributed by atoms with van der Waals surface area (Å²) in [4.78, 5) is 208. The Kier molecular flexibility index (Phi) is 32.2. The second kappa shape index (κ2) is 41.0. The van der Waals surface area contributed by atoms with Crippen LogP contribution < -0.4 is 69.1 Å². The quantitative estimate of drug-likeness (QED) is 0.0375. The van der Waals surface area contributed by atoms with Crippen LogP contribution in [0.25, 0.3) is 10.8 Å². The number of nitrogens with zero attached hydrogens (tertiary/aromatic N) is 5. The Balaban J connectivity index is 1.34. The minimum absolute atomic E-state index is 0.0128. The lowest BCUT2D eigenvalue weighted by atomic mass is 9.98. The van der Waals surface area contributed by atoms with E-state index in [1.54, 1.807) is 44.2 Å². The standard InChI is InChI=1S/C69H97N19O19S/c1-34(2)55-67(104)81-49(26-42-25-39-11-7-8-12-40(39)28-72-42)64(101)78-47(63(100)85-57(37(5)89)69(106)107)21-23-108-32-51(82-60(97)44(70-6)17-19-53(91)92)66(103)75-36(4)58(95)77-46-16-15-41-31-88(87-86-41)22-9-10-35(3)56(68(105)83-55)84-62(99)45(18-20-54(93)94)76-52(90)30-73-59(96)48(24-38-13-14-38)79-65(102)50(80-61(46)98)27-43-29-71-33-74-43/h7-8,11-12,25,28-29,31,33-34,36-38,44-51,55-57,66,70,75,89,103H,3,9-10,13-24,26-27,30,32H2,1-2,4-6H3,(H,71,74)(H,73,96)(H,76,90)(H,77,95)(H,78,101)(H,79,102)(H,80,98)(H,81,104)(H,82,97)(H,83,105)(H,84,99)(H,85,100)(H,91,92)(H,93,94)(H,106,107)/t36-,37?,44-,45-,46-,47-,48-,49-,50-,51-,55-,56-,57-,66?/m0/s1. The molecule has 2 unspecified atom stereocenters. The van der Waals surface area contributed by atoms with E-state index in [4.69, 9.17) is 0 Å². The van der Waals surface area contributed by atoms with Crippen molar-refractivity contribution in [2.24, 2.45) is 11.8 Å². The second-order valence-electron chi connectivity index (χ2n) is 27.4. The molecule has 4 bridgehead atoms. The molecule has 1 fully saturated rings. The van der Waals surface area contributed by atoms with Gasteiger partial charge in [0.1, 0.15) is 54.6 Å². The van der Waals surface area contributed by atoms with Crippen molar-refractivity contribution >= 4 is 105 Å². The lowest BCUT2D eigenvalue weighted by molar-refractivity contribution is -0.145. The van der Waals surface area contributed by atoms with Crippen LogP contribution in [-0.4, -0.2) is 248 Å². The summed E-state index contributed by atoms with van der Waals surface area (Å²) in [6.45, 7) is 8.87. The van der Waals surface area contributed by atoms with Gasteiger partial charge in [-0.25, -0.2) is 9.78 Å². The van der Waals surface area contributed by atoms with E-state index in [1.165, 1.54) is 43.6 Å². The number of aliphatic hydroxyl groups is 2. The Bertz CT molecular complexity index is 3870. The highest BCUT2D eigenvalue weighted by Crippen LogP contribution is 2.33. The van der Waals surface area contributed by atoms with Crippen LogP contribution in [0.5, 0.6) is 0 Å². The summed E-state index contributed by atoms with van der Waals surface area (Å²) in [5, 5.41) is 95.8. The van der Waals surface area contributed by atoms with E-state index in [9.17, 15) is 78.3 Å². The van der Waals surface area contributed by atoms with Gasteiger partial charge in [-0.1, -0.05) is 62.7 Å². The number of hydrogen-bond donors (Lipinski definition) is 19. The Morgan fingerprint density at radius 1 is 0.741 bits per heavy atom. The molecule has 11 amide bonds. The number of likely N-dealkylation sites (N-methyl/N-ethyl adjacent to an activating group) is 1. The molecule has 0 saturated heterocycles. The zero-order chi connectivity index (χ0) is 78.9. The number of hydrogen-bond acceptors (Lipinski definition) is 23. The van der Waals surface area contributed by atoms with Crippen molar-refractivity contribution in [1.82, 2.24) is 99.1 Å². The normalized spacial score (nSPS) is 25.2. The number of fused-ring (bicyclic) bond motifs is 7. The number of carbonyl (C=O) groups excluding carboxylic acids is 11. The fourth-order valence-corrected chi connectivity index (χ4v) is 13.0. The molecule has 1 saturated carbocycles. The van der Waals surface area contributed by atoms with E-state index >= 15 is 14.4 Å². The first-order chi connectivity index (χ1) is 51.4. The van der Waals surface area contributed by atoms with Crippen LogP contribution in [0.4, 0.5) is 0 Å². The van der Waals surface area contributed by atoms with Gasteiger partial charge in [-0.2, -0.15) is 11.8 Å². The highest BCUT2D eigenvalue weighted by atomic mass is 32.2. The SMILES string of the molecule is C=C1CCCn2cc(nn2)CC[C@@H]2NC(=O)[C@H](C)NC(O)[C@@H](NC(=O)[C@H](CCC(=O)O)NC)CSCC[C@@H](C(=O)N[C@H](C(=O)O)C(C)O)NC(=O)[C@H](Cc3cc4ccccc4cn3)NC(=O)[C@H](C(C)C)NC(=O)[C@H]1NC(=O)[C@H](CCC(=O)O)NC(=O)CNC(=O)[C@H](CC1CC1)NC(=O)[C@H](Cc1cnc[nH]1)NC2=O. The molecule has 0 radical (unpaired) electrons. The molecular weight excluding hydrogens is 1430 g/mol. The fourth-order valence-electron chi connectivity index (χ4n) is 11.9. The zero-order valence-electron chi connectivity index (χ0n) is 60.5. The van der Waals surface area contributed by atoms with Crippen LogP contribution in [0, 0.1) is 11.8 Å². The van der Waals surface area contributed by atoms with Gasteiger partial charge in [-0.3, -0.25) is 77.3 Å². The number of carboxylic acids is 3. The van der Waals surface area contributed by atoms with Gasteiger partial charge in [0.2, 0.25) is 65.0 Å². The topological polar surface area (TPSA) is 569 Å². The molecule has 38 nitrogen and oxygen atoms in total. The van der Waals surface area contributed by atoms with Crippen LogP contribution in [0.1, 0.15) is 115 Å². The van der Waals surface area contributed by atoms with Crippen molar-refractivity contribution in [3.63, 3.8) is 0 Å². The molecular formula is C69H97N19O19S. The fraction of sp³-hybridized carbons (Fsp3) is 0.565. The van der Waals surface area contributed by atoms with Crippen molar-refractivity contribution in [3.05, 3.63) is 84.5 Å². The number of aliphatic hydroxyl groups excluding tert-OH is 2. The maximum Gasteiger partial charge on any atom is 0.328 e. The molecule has 19 N–H and O–H groups in total. The molecule has 1 aliphatic carbocycles. The number of aliphatic carboxylic acids is 3. The van der Waals surface area contributed by atoms with Crippen molar-refractivity contribution in [2.75, 3.05) is 25.1 Å². The zero-order valence-corrected chi connectivity index (χ0v) is 61.3. The predicted octanol–water partition coefficient (Wildman–Crippen LogP) is -4.05. The number of H-pyrrole nitrogens is 1. The number of benzene rings is 1. The molecule has 4 aromatic rings. The van der Waals surface area contributed by atoms with E-state index in [-0.39, 0.29) is 92.3 Å². The van der Waals surface area contributed by atoms with E-state index in [0.717, 1.165) is 18.7 Å². The summed E-state index contributed by atoms with van der Waals surface area (Å²) in [6, 6.07) is -10.0. The molecule has 2 aliphatic heterocycles. The van der Waals surface area contributed by atoms with Gasteiger partial charge in [0.25, 0.3) is 0 Å². The van der Waals surface area contributed by atoms with Crippen molar-refractivity contribution in [1.29, 1.82) is 0 Å². The number of aromatic nitrogens is 6. The van der Waals surface area contributed by atoms with Gasteiger partial charge in [0, 0.05) is 73.3 Å². The Hall–Kier alpha value is -10.5. The first-order valence-corrected chi connectivity index (χ1v) is 36.7.